The van der Waals surface area contributed by atoms with Crippen molar-refractivity contribution >= 4 is 0 Å². The molecule has 0 fully saturated rings. The van der Waals surface area contributed by atoms with Crippen molar-refractivity contribution in [3.05, 3.63) is 48.2 Å². The number of benzene rings is 1. The minimum Gasteiger partial charge on any atom is -0.257 e. The Labute approximate surface area is 132 Å². The monoisotopic (exact) mass is 300 g/mol. The topological polar surface area (TPSA) is 25.8 Å². The normalized spacial score (nSPS) is 10.8. The molecule has 0 saturated carbocycles. The highest BCUT2D eigenvalue weighted by Crippen LogP contribution is 2.16. The second-order valence-electron chi connectivity index (χ2n) is 5.77. The summed E-state index contributed by atoms with van der Waals surface area (Å²) >= 11 is 0. The predicted octanol–water partition coefficient (Wildman–Crippen LogP) is 5.58. The van der Waals surface area contributed by atoms with E-state index in [0.29, 0.717) is 0 Å². The minimum absolute atomic E-state index is 0.229. The van der Waals surface area contributed by atoms with Gasteiger partial charge in [-0.05, 0) is 37.1 Å². The number of nitrogens with zero attached hydrogens (tertiary/aromatic N) is 2. The van der Waals surface area contributed by atoms with Gasteiger partial charge in [0.1, 0.15) is 5.82 Å². The van der Waals surface area contributed by atoms with E-state index >= 15 is 0 Å². The summed E-state index contributed by atoms with van der Waals surface area (Å²) in [5.74, 6) is -0.229. The first-order chi connectivity index (χ1) is 10.8. The molecule has 0 unspecified atom stereocenters. The maximum atomic E-state index is 12.9. The van der Waals surface area contributed by atoms with E-state index in [4.69, 9.17) is 0 Å². The third kappa shape index (κ3) is 5.55. The highest BCUT2D eigenvalue weighted by Gasteiger charge is 2.01. The average Bonchev–Trinajstić information content (AvgIpc) is 2.55. The van der Waals surface area contributed by atoms with Crippen LogP contribution in [0.5, 0.6) is 0 Å². The fourth-order valence-electron chi connectivity index (χ4n) is 2.52. The number of rotatable bonds is 9. The summed E-state index contributed by atoms with van der Waals surface area (Å²) in [6, 6.07) is 6.36. The zero-order valence-electron chi connectivity index (χ0n) is 13.4. The lowest BCUT2D eigenvalue weighted by atomic mass is 10.1. The number of hydrogen-bond donors (Lipinski definition) is 0. The first-order valence-corrected chi connectivity index (χ1v) is 8.36. The van der Waals surface area contributed by atoms with Crippen molar-refractivity contribution < 1.29 is 4.39 Å². The smallest absolute Gasteiger partial charge is 0.123 e. The molecule has 0 aliphatic carbocycles. The van der Waals surface area contributed by atoms with Crippen LogP contribution in [0.15, 0.2) is 36.7 Å². The van der Waals surface area contributed by atoms with Crippen molar-refractivity contribution in [2.45, 2.75) is 58.3 Å². The first kappa shape index (κ1) is 16.6. The summed E-state index contributed by atoms with van der Waals surface area (Å²) < 4.78 is 12.9. The molecule has 0 atom stereocenters. The molecule has 0 bridgehead atoms. The molecule has 0 saturated heterocycles. The van der Waals surface area contributed by atoms with Crippen molar-refractivity contribution in [1.29, 1.82) is 0 Å². The van der Waals surface area contributed by atoms with Crippen LogP contribution < -0.4 is 0 Å². The molecule has 22 heavy (non-hydrogen) atoms. The summed E-state index contributed by atoms with van der Waals surface area (Å²) in [5.41, 5.74) is 2.74. The van der Waals surface area contributed by atoms with E-state index in [1.807, 2.05) is 6.20 Å². The molecule has 3 heteroatoms. The molecular weight excluding hydrogens is 275 g/mol. The molecule has 2 rings (SSSR count). The molecule has 0 aliphatic heterocycles. The Hall–Kier alpha value is -1.77. The molecule has 0 amide bonds. The van der Waals surface area contributed by atoms with Crippen LogP contribution >= 0.6 is 0 Å². The van der Waals surface area contributed by atoms with Crippen molar-refractivity contribution in [3.8, 4) is 11.3 Å². The van der Waals surface area contributed by atoms with E-state index in [2.05, 4.69) is 16.9 Å². The van der Waals surface area contributed by atoms with Gasteiger partial charge >= 0.3 is 0 Å². The Balaban J connectivity index is 1.74. The Kier molecular flexibility index (Phi) is 7.01. The van der Waals surface area contributed by atoms with Crippen LogP contribution in [0.1, 0.15) is 57.6 Å². The highest BCUT2D eigenvalue weighted by atomic mass is 19.1. The second kappa shape index (κ2) is 9.29. The fourth-order valence-corrected chi connectivity index (χ4v) is 2.52. The van der Waals surface area contributed by atoms with Crippen LogP contribution in [0.4, 0.5) is 4.39 Å². The first-order valence-electron chi connectivity index (χ1n) is 8.36. The van der Waals surface area contributed by atoms with Gasteiger partial charge in [0, 0.05) is 11.8 Å². The molecular formula is C19H25FN2. The van der Waals surface area contributed by atoms with E-state index in [-0.39, 0.29) is 5.82 Å². The van der Waals surface area contributed by atoms with Gasteiger partial charge in [0.2, 0.25) is 0 Å². The highest BCUT2D eigenvalue weighted by molar-refractivity contribution is 5.57. The molecule has 118 valence electrons. The van der Waals surface area contributed by atoms with Crippen molar-refractivity contribution in [3.63, 3.8) is 0 Å². The average molecular weight is 300 g/mol. The van der Waals surface area contributed by atoms with E-state index in [1.165, 1.54) is 57.1 Å². The molecule has 0 spiro atoms. The van der Waals surface area contributed by atoms with Gasteiger partial charge < -0.3 is 0 Å². The Bertz CT molecular complexity index is 534. The lowest BCUT2D eigenvalue weighted by molar-refractivity contribution is 0.587. The largest absolute Gasteiger partial charge is 0.257 e. The van der Waals surface area contributed by atoms with Crippen LogP contribution in [0.3, 0.4) is 0 Å². The third-order valence-electron chi connectivity index (χ3n) is 3.88. The van der Waals surface area contributed by atoms with E-state index in [1.54, 1.807) is 18.3 Å². The summed E-state index contributed by atoms with van der Waals surface area (Å²) in [4.78, 5) is 8.90. The molecule has 0 N–H and O–H groups in total. The van der Waals surface area contributed by atoms with Crippen LogP contribution in [0, 0.1) is 5.82 Å². The second-order valence-corrected chi connectivity index (χ2v) is 5.77. The Morgan fingerprint density at radius 1 is 0.818 bits per heavy atom. The molecule has 2 aromatic rings. The van der Waals surface area contributed by atoms with E-state index in [0.717, 1.165) is 23.4 Å². The number of aromatic nitrogens is 2. The molecule has 1 aromatic carbocycles. The van der Waals surface area contributed by atoms with Gasteiger partial charge in [0.05, 0.1) is 17.6 Å². The maximum absolute atomic E-state index is 12.9. The molecule has 0 aliphatic rings. The number of unbranched alkanes of at least 4 members (excludes halogenated alkanes) is 6. The standard InChI is InChI=1S/C19H25FN2/c1-2-3-4-5-6-7-8-9-18-14-22-19(15-21-18)16-10-12-17(20)13-11-16/h10-15H,2-9H2,1H3. The summed E-state index contributed by atoms with van der Waals surface area (Å²) in [7, 11) is 0. The summed E-state index contributed by atoms with van der Waals surface area (Å²) in [6.07, 6.45) is 13.8. The maximum Gasteiger partial charge on any atom is 0.123 e. The van der Waals surface area contributed by atoms with Crippen LogP contribution in [-0.4, -0.2) is 9.97 Å². The minimum atomic E-state index is -0.229. The number of aryl methyl sites for hydroxylation is 1. The van der Waals surface area contributed by atoms with Gasteiger partial charge in [0.25, 0.3) is 0 Å². The fraction of sp³-hybridized carbons (Fsp3) is 0.474. The van der Waals surface area contributed by atoms with Gasteiger partial charge in [0.15, 0.2) is 0 Å². The zero-order valence-corrected chi connectivity index (χ0v) is 13.4. The van der Waals surface area contributed by atoms with Crippen molar-refractivity contribution in [2.24, 2.45) is 0 Å². The molecule has 2 nitrogen and oxygen atoms in total. The lowest BCUT2D eigenvalue weighted by Crippen LogP contribution is -1.94. The van der Waals surface area contributed by atoms with Crippen molar-refractivity contribution in [1.82, 2.24) is 9.97 Å². The third-order valence-corrected chi connectivity index (χ3v) is 3.88. The van der Waals surface area contributed by atoms with Crippen LogP contribution in [-0.2, 0) is 6.42 Å². The Morgan fingerprint density at radius 3 is 2.14 bits per heavy atom. The molecule has 1 heterocycles. The quantitative estimate of drug-likeness (QED) is 0.565. The van der Waals surface area contributed by atoms with Gasteiger partial charge in [-0.25, -0.2) is 4.39 Å². The van der Waals surface area contributed by atoms with Gasteiger partial charge in [-0.3, -0.25) is 9.97 Å². The van der Waals surface area contributed by atoms with Gasteiger partial charge in [-0.15, -0.1) is 0 Å². The van der Waals surface area contributed by atoms with E-state index in [9.17, 15) is 4.39 Å². The van der Waals surface area contributed by atoms with Gasteiger partial charge in [-0.1, -0.05) is 45.4 Å². The summed E-state index contributed by atoms with van der Waals surface area (Å²) in [5, 5.41) is 0. The van der Waals surface area contributed by atoms with Crippen LogP contribution in [0.2, 0.25) is 0 Å². The SMILES string of the molecule is CCCCCCCCCc1cnc(-c2ccc(F)cc2)cn1. The number of halogens is 1. The summed E-state index contributed by atoms with van der Waals surface area (Å²) in [6.45, 7) is 2.24. The zero-order chi connectivity index (χ0) is 15.6. The number of hydrogen-bond acceptors (Lipinski definition) is 2. The van der Waals surface area contributed by atoms with Crippen molar-refractivity contribution in [2.75, 3.05) is 0 Å². The molecule has 1 aromatic heterocycles. The van der Waals surface area contributed by atoms with Gasteiger partial charge in [-0.2, -0.15) is 0 Å². The Morgan fingerprint density at radius 2 is 1.50 bits per heavy atom. The predicted molar refractivity (Wildman–Crippen MR) is 89.1 cm³/mol. The van der Waals surface area contributed by atoms with Crippen LogP contribution in [0.25, 0.3) is 11.3 Å². The van der Waals surface area contributed by atoms with E-state index < -0.39 is 0 Å². The lowest BCUT2D eigenvalue weighted by Gasteiger charge is -2.04. The molecule has 0 radical (unpaired) electrons.